The molecule has 45 heavy (non-hydrogen) atoms. The standard InChI is InChI=1S/C30H34ClF3N8O3/c1-4-9-42-18-22(25(37-42)30(32,33)34)24-17-35-26(39(24)3)27(43)36-20-5-6-21(23(31)16-20)29(45)41-14-12-40(13-15-41)28(44)19-7-10-38(2)11-8-19/h1,5-6,16-19,28,44H,7-15H2,2-3H3,(H,36,43). The van der Waals surface area contributed by atoms with Crippen LogP contribution in [0.5, 0.6) is 0 Å². The van der Waals surface area contributed by atoms with Crippen LogP contribution in [0.2, 0.25) is 5.02 Å². The average Bonchev–Trinajstić information content (AvgIpc) is 3.60. The van der Waals surface area contributed by atoms with Crippen LogP contribution in [0.3, 0.4) is 0 Å². The summed E-state index contributed by atoms with van der Waals surface area (Å²) in [7, 11) is 3.49. The molecule has 2 amide bonds. The number of piperidine rings is 1. The summed E-state index contributed by atoms with van der Waals surface area (Å²) in [4.78, 5) is 36.3. The van der Waals surface area contributed by atoms with Gasteiger partial charge in [0.05, 0.1) is 28.0 Å². The van der Waals surface area contributed by atoms with Gasteiger partial charge in [-0.1, -0.05) is 17.5 Å². The number of piperazine rings is 1. The molecule has 0 radical (unpaired) electrons. The second-order valence-electron chi connectivity index (χ2n) is 11.3. The number of likely N-dealkylation sites (tertiary alicyclic amines) is 1. The van der Waals surface area contributed by atoms with Gasteiger partial charge < -0.3 is 24.8 Å². The van der Waals surface area contributed by atoms with Crippen molar-refractivity contribution >= 4 is 29.1 Å². The average molecular weight is 647 g/mol. The maximum atomic E-state index is 13.7. The first-order valence-corrected chi connectivity index (χ1v) is 14.9. The number of hydrogen-bond acceptors (Lipinski definition) is 7. The molecule has 1 unspecified atom stereocenters. The smallest absolute Gasteiger partial charge is 0.378 e. The third-order valence-electron chi connectivity index (χ3n) is 8.37. The molecular weight excluding hydrogens is 613 g/mol. The van der Waals surface area contributed by atoms with Crippen molar-refractivity contribution in [1.82, 2.24) is 34.0 Å². The van der Waals surface area contributed by atoms with E-state index in [0.29, 0.717) is 26.2 Å². The minimum Gasteiger partial charge on any atom is -0.378 e. The van der Waals surface area contributed by atoms with E-state index in [4.69, 9.17) is 18.0 Å². The van der Waals surface area contributed by atoms with Crippen LogP contribution in [0.1, 0.15) is 39.5 Å². The summed E-state index contributed by atoms with van der Waals surface area (Å²) in [6.45, 7) is 3.73. The van der Waals surface area contributed by atoms with Gasteiger partial charge in [0.15, 0.2) is 11.5 Å². The van der Waals surface area contributed by atoms with E-state index in [9.17, 15) is 27.9 Å². The van der Waals surface area contributed by atoms with E-state index in [1.54, 1.807) is 4.90 Å². The van der Waals surface area contributed by atoms with Crippen LogP contribution in [-0.2, 0) is 19.8 Å². The number of amides is 2. The Morgan fingerprint density at radius 2 is 1.84 bits per heavy atom. The van der Waals surface area contributed by atoms with Crippen molar-refractivity contribution in [3.63, 3.8) is 0 Å². The summed E-state index contributed by atoms with van der Waals surface area (Å²) in [5.41, 5.74) is -0.852. The Morgan fingerprint density at radius 3 is 2.47 bits per heavy atom. The van der Waals surface area contributed by atoms with Crippen LogP contribution in [0, 0.1) is 18.3 Å². The Hall–Kier alpha value is -3.90. The molecule has 0 bridgehead atoms. The van der Waals surface area contributed by atoms with Gasteiger partial charge in [0.1, 0.15) is 12.8 Å². The number of nitrogens with one attached hydrogen (secondary N) is 1. The highest BCUT2D eigenvalue weighted by Crippen LogP contribution is 2.36. The number of carbonyl (C=O) groups is 2. The van der Waals surface area contributed by atoms with E-state index in [1.165, 1.54) is 29.8 Å². The molecule has 2 aliphatic heterocycles. The first-order valence-electron chi connectivity index (χ1n) is 14.5. The lowest BCUT2D eigenvalue weighted by atomic mass is 9.94. The van der Waals surface area contributed by atoms with Crippen molar-refractivity contribution in [3.05, 3.63) is 52.7 Å². The Balaban J connectivity index is 1.22. The second kappa shape index (κ2) is 13.2. The number of aliphatic hydroxyl groups excluding tert-OH is 1. The molecule has 3 aromatic rings. The summed E-state index contributed by atoms with van der Waals surface area (Å²) >= 11 is 6.47. The first kappa shape index (κ1) is 32.5. The number of hydrogen-bond donors (Lipinski definition) is 2. The number of rotatable bonds is 7. The fraction of sp³-hybridized carbons (Fsp3) is 0.467. The Bertz CT molecular complexity index is 1600. The molecule has 11 nitrogen and oxygen atoms in total. The van der Waals surface area contributed by atoms with Crippen LogP contribution in [0.25, 0.3) is 11.3 Å². The van der Waals surface area contributed by atoms with E-state index >= 15 is 0 Å². The minimum absolute atomic E-state index is 0.0219. The predicted octanol–water partition coefficient (Wildman–Crippen LogP) is 3.26. The van der Waals surface area contributed by atoms with Gasteiger partial charge in [-0.15, -0.1) is 6.42 Å². The number of imidazole rings is 1. The Morgan fingerprint density at radius 1 is 1.16 bits per heavy atom. The summed E-state index contributed by atoms with van der Waals surface area (Å²) in [5.74, 6) is 1.36. The van der Waals surface area contributed by atoms with Crippen LogP contribution >= 0.6 is 11.6 Å². The fourth-order valence-electron chi connectivity index (χ4n) is 5.80. The third kappa shape index (κ3) is 7.01. The molecule has 2 aliphatic rings. The van der Waals surface area contributed by atoms with Crippen LogP contribution in [0.4, 0.5) is 18.9 Å². The first-order chi connectivity index (χ1) is 21.4. The van der Waals surface area contributed by atoms with E-state index in [-0.39, 0.29) is 51.7 Å². The number of terminal acetylenes is 1. The topological polar surface area (TPSA) is 112 Å². The van der Waals surface area contributed by atoms with Gasteiger partial charge in [0.2, 0.25) is 0 Å². The van der Waals surface area contributed by atoms with Crippen molar-refractivity contribution in [2.24, 2.45) is 13.0 Å². The van der Waals surface area contributed by atoms with Crippen LogP contribution < -0.4 is 5.32 Å². The molecule has 0 aliphatic carbocycles. The van der Waals surface area contributed by atoms with Crippen LogP contribution in [-0.4, -0.2) is 103 Å². The quantitative estimate of drug-likeness (QED) is 0.379. The van der Waals surface area contributed by atoms with Gasteiger partial charge in [0.25, 0.3) is 11.8 Å². The van der Waals surface area contributed by atoms with Crippen molar-refractivity contribution in [2.45, 2.75) is 31.8 Å². The normalized spacial score (nSPS) is 17.7. The Labute approximate surface area is 263 Å². The van der Waals surface area contributed by atoms with Gasteiger partial charge in [-0.2, -0.15) is 18.3 Å². The molecular formula is C30H34ClF3N8O3. The third-order valence-corrected chi connectivity index (χ3v) is 8.68. The van der Waals surface area contributed by atoms with Gasteiger partial charge in [-0.05, 0) is 51.2 Å². The van der Waals surface area contributed by atoms with Crippen molar-refractivity contribution in [1.29, 1.82) is 0 Å². The Kier molecular flexibility index (Phi) is 9.54. The number of anilines is 1. The van der Waals surface area contributed by atoms with E-state index in [0.717, 1.165) is 43.0 Å². The van der Waals surface area contributed by atoms with Crippen molar-refractivity contribution in [3.8, 4) is 23.6 Å². The predicted molar refractivity (Wildman–Crippen MR) is 161 cm³/mol. The lowest BCUT2D eigenvalue weighted by molar-refractivity contribution is -0.141. The molecule has 2 N–H and O–H groups in total. The molecule has 2 saturated heterocycles. The second-order valence-corrected chi connectivity index (χ2v) is 11.8. The zero-order chi connectivity index (χ0) is 32.5. The van der Waals surface area contributed by atoms with Crippen LogP contribution in [0.15, 0.2) is 30.6 Å². The number of halogens is 4. The van der Waals surface area contributed by atoms with E-state index < -0.39 is 24.0 Å². The number of aliphatic hydroxyl groups is 1. The number of carbonyl (C=O) groups excluding carboxylic acids is 2. The highest BCUT2D eigenvalue weighted by atomic mass is 35.5. The highest BCUT2D eigenvalue weighted by molar-refractivity contribution is 6.34. The summed E-state index contributed by atoms with van der Waals surface area (Å²) in [6.07, 6.45) is 4.14. The number of aromatic nitrogens is 4. The summed E-state index contributed by atoms with van der Waals surface area (Å²) in [5, 5.41) is 17.2. The SMILES string of the molecule is C#CCn1cc(-c2cnc(C(=O)Nc3ccc(C(=O)N4CCN(C(O)C5CCN(C)CC5)CC4)c(Cl)c3)n2C)c(C(F)(F)F)n1. The molecule has 15 heteroatoms. The van der Waals surface area contributed by atoms with Crippen molar-refractivity contribution in [2.75, 3.05) is 51.6 Å². The maximum absolute atomic E-state index is 13.7. The molecule has 0 spiro atoms. The fourth-order valence-corrected chi connectivity index (χ4v) is 6.06. The van der Waals surface area contributed by atoms with E-state index in [1.807, 2.05) is 4.90 Å². The molecule has 0 saturated carbocycles. The number of benzene rings is 1. The van der Waals surface area contributed by atoms with E-state index in [2.05, 4.69) is 33.3 Å². The minimum atomic E-state index is -4.75. The molecule has 1 aromatic carbocycles. The lowest BCUT2D eigenvalue weighted by Gasteiger charge is -2.41. The van der Waals surface area contributed by atoms with Gasteiger partial charge >= 0.3 is 6.18 Å². The largest absolute Gasteiger partial charge is 0.435 e. The van der Waals surface area contributed by atoms with Gasteiger partial charge in [-0.3, -0.25) is 19.2 Å². The maximum Gasteiger partial charge on any atom is 0.435 e. The zero-order valence-electron chi connectivity index (χ0n) is 24.9. The molecule has 2 aromatic heterocycles. The molecule has 2 fully saturated rings. The summed E-state index contributed by atoms with van der Waals surface area (Å²) < 4.78 is 43.2. The zero-order valence-corrected chi connectivity index (χ0v) is 25.6. The molecule has 1 atom stereocenters. The highest BCUT2D eigenvalue weighted by Gasteiger charge is 2.39. The molecule has 240 valence electrons. The van der Waals surface area contributed by atoms with Gasteiger partial charge in [0, 0.05) is 51.0 Å². The summed E-state index contributed by atoms with van der Waals surface area (Å²) in [6, 6.07) is 4.47. The monoisotopic (exact) mass is 646 g/mol. The number of alkyl halides is 3. The van der Waals surface area contributed by atoms with Gasteiger partial charge in [-0.25, -0.2) is 4.98 Å². The van der Waals surface area contributed by atoms with Crippen molar-refractivity contribution < 1.29 is 27.9 Å². The molecule has 5 rings (SSSR count). The molecule has 4 heterocycles. The lowest BCUT2D eigenvalue weighted by Crippen LogP contribution is -2.54. The number of nitrogens with zero attached hydrogens (tertiary/aromatic N) is 7.